The van der Waals surface area contributed by atoms with Crippen molar-refractivity contribution >= 4 is 23.7 Å². The van der Waals surface area contributed by atoms with E-state index in [4.69, 9.17) is 5.73 Å². The molecule has 0 aromatic carbocycles. The second-order valence-corrected chi connectivity index (χ2v) is 6.94. The quantitative estimate of drug-likeness (QED) is 0.939. The van der Waals surface area contributed by atoms with Gasteiger partial charge in [-0.1, -0.05) is 13.0 Å². The van der Waals surface area contributed by atoms with Crippen LogP contribution in [-0.4, -0.2) is 34.5 Å². The van der Waals surface area contributed by atoms with E-state index < -0.39 is 0 Å². The summed E-state index contributed by atoms with van der Waals surface area (Å²) in [4.78, 5) is 12.6. The van der Waals surface area contributed by atoms with Crippen LogP contribution in [0.15, 0.2) is 30.6 Å². The maximum Gasteiger partial charge on any atom is 0.142 e. The normalized spacial score (nSPS) is 22.2. The number of hydrogen-bond acceptors (Lipinski definition) is 5. The number of pyridine rings is 1. The molecule has 3 rings (SSSR count). The van der Waals surface area contributed by atoms with Gasteiger partial charge in [0.25, 0.3) is 0 Å². The fraction of sp³-hybridized carbons (Fsp3) is 0.467. The number of nitrogens with zero attached hydrogens (tertiary/aromatic N) is 3. The van der Waals surface area contributed by atoms with Gasteiger partial charge in [-0.05, 0) is 37.1 Å². The zero-order chi connectivity index (χ0) is 14.0. The summed E-state index contributed by atoms with van der Waals surface area (Å²) in [5.74, 6) is 0. The van der Waals surface area contributed by atoms with Gasteiger partial charge < -0.3 is 5.73 Å². The Hall–Kier alpha value is -1.01. The Morgan fingerprint density at radius 1 is 1.38 bits per heavy atom. The highest BCUT2D eigenvalue weighted by Crippen LogP contribution is 2.31. The van der Waals surface area contributed by atoms with Crippen molar-refractivity contribution in [1.29, 1.82) is 0 Å². The number of hydrogen-bond donors (Lipinski definition) is 1. The molecule has 21 heavy (non-hydrogen) atoms. The first kappa shape index (κ1) is 16.4. The second-order valence-electron chi connectivity index (χ2n) is 5.82. The van der Waals surface area contributed by atoms with Crippen LogP contribution in [0.2, 0.25) is 0 Å². The Balaban J connectivity index is 0.00000161. The topological polar surface area (TPSA) is 55.0 Å². The molecule has 0 bridgehead atoms. The number of thiazole rings is 1. The van der Waals surface area contributed by atoms with Crippen LogP contribution in [-0.2, 0) is 6.54 Å². The molecule has 0 saturated carbocycles. The van der Waals surface area contributed by atoms with Crippen LogP contribution in [0.25, 0.3) is 10.7 Å². The standard InChI is InChI=1S/C15H20N4S.ClH/c1-15(10-16)5-7-19(11-15)9-12-8-18-14(20-12)13-4-2-3-6-17-13;/h2-4,6,8H,5,7,9-11,16H2,1H3;1H. The van der Waals surface area contributed by atoms with E-state index in [2.05, 4.69) is 21.8 Å². The van der Waals surface area contributed by atoms with E-state index in [0.29, 0.717) is 0 Å². The van der Waals surface area contributed by atoms with Gasteiger partial charge in [0.2, 0.25) is 0 Å². The fourth-order valence-corrected chi connectivity index (χ4v) is 3.57. The van der Waals surface area contributed by atoms with Crippen LogP contribution < -0.4 is 5.73 Å². The molecule has 0 aliphatic carbocycles. The first-order valence-electron chi connectivity index (χ1n) is 6.97. The summed E-state index contributed by atoms with van der Waals surface area (Å²) in [5, 5.41) is 1.00. The summed E-state index contributed by atoms with van der Waals surface area (Å²) in [5.41, 5.74) is 7.10. The van der Waals surface area contributed by atoms with E-state index >= 15 is 0 Å². The van der Waals surface area contributed by atoms with E-state index in [0.717, 1.165) is 36.9 Å². The molecule has 2 N–H and O–H groups in total. The predicted molar refractivity (Wildman–Crippen MR) is 89.6 cm³/mol. The maximum atomic E-state index is 5.86. The maximum absolute atomic E-state index is 5.86. The molecule has 1 aliphatic rings. The molecular formula is C15H21ClN4S. The molecule has 1 fully saturated rings. The van der Waals surface area contributed by atoms with E-state index in [1.807, 2.05) is 30.6 Å². The molecule has 2 aromatic rings. The molecule has 0 radical (unpaired) electrons. The number of nitrogens with two attached hydrogens (primary N) is 1. The lowest BCUT2D eigenvalue weighted by atomic mass is 9.90. The number of likely N-dealkylation sites (tertiary alicyclic amines) is 1. The molecule has 0 amide bonds. The predicted octanol–water partition coefficient (Wildman–Crippen LogP) is 2.80. The summed E-state index contributed by atoms with van der Waals surface area (Å²) in [6.07, 6.45) is 4.98. The Morgan fingerprint density at radius 2 is 2.24 bits per heavy atom. The molecule has 1 aliphatic heterocycles. The molecular weight excluding hydrogens is 304 g/mol. The van der Waals surface area contributed by atoms with Gasteiger partial charge in [-0.15, -0.1) is 23.7 Å². The summed E-state index contributed by atoms with van der Waals surface area (Å²) < 4.78 is 0. The molecule has 2 aromatic heterocycles. The lowest BCUT2D eigenvalue weighted by Gasteiger charge is -2.22. The van der Waals surface area contributed by atoms with Crippen molar-refractivity contribution in [3.63, 3.8) is 0 Å². The lowest BCUT2D eigenvalue weighted by molar-refractivity contribution is 0.276. The van der Waals surface area contributed by atoms with Crippen LogP contribution in [0, 0.1) is 5.41 Å². The molecule has 3 heterocycles. The Labute approximate surface area is 135 Å². The molecule has 114 valence electrons. The van der Waals surface area contributed by atoms with E-state index in [-0.39, 0.29) is 17.8 Å². The molecule has 1 atom stereocenters. The first-order chi connectivity index (χ1) is 9.68. The van der Waals surface area contributed by atoms with Crippen molar-refractivity contribution in [3.05, 3.63) is 35.5 Å². The van der Waals surface area contributed by atoms with Crippen LogP contribution in [0.4, 0.5) is 0 Å². The SMILES string of the molecule is CC1(CN)CCN(Cc2cnc(-c3ccccn3)s2)C1.Cl. The number of halogens is 1. The van der Waals surface area contributed by atoms with Crippen LogP contribution in [0.3, 0.4) is 0 Å². The molecule has 6 heteroatoms. The van der Waals surface area contributed by atoms with Crippen LogP contribution >= 0.6 is 23.7 Å². The van der Waals surface area contributed by atoms with Gasteiger partial charge in [0, 0.05) is 30.4 Å². The minimum absolute atomic E-state index is 0. The van der Waals surface area contributed by atoms with Gasteiger partial charge in [-0.25, -0.2) is 4.98 Å². The van der Waals surface area contributed by atoms with Gasteiger partial charge in [-0.2, -0.15) is 0 Å². The Bertz CT molecular complexity index is 574. The van der Waals surface area contributed by atoms with Crippen molar-refractivity contribution in [2.45, 2.75) is 19.9 Å². The van der Waals surface area contributed by atoms with Gasteiger partial charge in [0.15, 0.2) is 0 Å². The van der Waals surface area contributed by atoms with Crippen LogP contribution in [0.1, 0.15) is 18.2 Å². The van der Waals surface area contributed by atoms with Crippen molar-refractivity contribution in [2.75, 3.05) is 19.6 Å². The van der Waals surface area contributed by atoms with Gasteiger partial charge in [0.05, 0.1) is 5.69 Å². The van der Waals surface area contributed by atoms with E-state index in [1.54, 1.807) is 11.3 Å². The van der Waals surface area contributed by atoms with Gasteiger partial charge >= 0.3 is 0 Å². The second kappa shape index (κ2) is 6.83. The highest BCUT2D eigenvalue weighted by Gasteiger charge is 2.32. The summed E-state index contributed by atoms with van der Waals surface area (Å²) in [6.45, 7) is 6.23. The van der Waals surface area contributed by atoms with Crippen molar-refractivity contribution in [2.24, 2.45) is 11.1 Å². The Morgan fingerprint density at radius 3 is 2.90 bits per heavy atom. The third kappa shape index (κ3) is 3.80. The minimum atomic E-state index is 0. The number of rotatable bonds is 4. The lowest BCUT2D eigenvalue weighted by Crippen LogP contribution is -2.30. The third-order valence-electron chi connectivity index (χ3n) is 3.95. The zero-order valence-corrected chi connectivity index (χ0v) is 13.8. The van der Waals surface area contributed by atoms with E-state index in [1.165, 1.54) is 11.3 Å². The first-order valence-corrected chi connectivity index (χ1v) is 7.79. The summed E-state index contributed by atoms with van der Waals surface area (Å²) in [7, 11) is 0. The van der Waals surface area contributed by atoms with Crippen molar-refractivity contribution in [1.82, 2.24) is 14.9 Å². The highest BCUT2D eigenvalue weighted by molar-refractivity contribution is 7.14. The summed E-state index contributed by atoms with van der Waals surface area (Å²) >= 11 is 1.73. The number of aromatic nitrogens is 2. The highest BCUT2D eigenvalue weighted by atomic mass is 35.5. The zero-order valence-electron chi connectivity index (χ0n) is 12.2. The minimum Gasteiger partial charge on any atom is -0.330 e. The van der Waals surface area contributed by atoms with Crippen LogP contribution in [0.5, 0.6) is 0 Å². The van der Waals surface area contributed by atoms with Crippen molar-refractivity contribution < 1.29 is 0 Å². The Kier molecular flexibility index (Phi) is 5.32. The third-order valence-corrected chi connectivity index (χ3v) is 4.95. The van der Waals surface area contributed by atoms with Gasteiger partial charge in [-0.3, -0.25) is 9.88 Å². The fourth-order valence-electron chi connectivity index (χ4n) is 2.64. The van der Waals surface area contributed by atoms with E-state index in [9.17, 15) is 0 Å². The molecule has 4 nitrogen and oxygen atoms in total. The molecule has 1 saturated heterocycles. The molecule has 0 spiro atoms. The molecule has 1 unspecified atom stereocenters. The van der Waals surface area contributed by atoms with Gasteiger partial charge in [0.1, 0.15) is 5.01 Å². The average Bonchev–Trinajstić information content (AvgIpc) is 3.08. The largest absolute Gasteiger partial charge is 0.330 e. The van der Waals surface area contributed by atoms with Crippen molar-refractivity contribution in [3.8, 4) is 10.7 Å². The monoisotopic (exact) mass is 324 g/mol. The average molecular weight is 325 g/mol. The summed E-state index contributed by atoms with van der Waals surface area (Å²) in [6, 6.07) is 5.93. The smallest absolute Gasteiger partial charge is 0.142 e.